The molecule has 0 spiro atoms. The maximum absolute atomic E-state index is 12.1. The highest BCUT2D eigenvalue weighted by molar-refractivity contribution is 6.30. The average molecular weight is 277 g/mol. The first-order valence-electron chi connectivity index (χ1n) is 5.58. The molecular weight excluding hydrogens is 262 g/mol. The van der Waals surface area contributed by atoms with E-state index in [1.54, 1.807) is 12.1 Å². The molecule has 0 amide bonds. The van der Waals surface area contributed by atoms with Gasteiger partial charge in [0.2, 0.25) is 0 Å². The maximum Gasteiger partial charge on any atom is 0.185 e. The predicted molar refractivity (Wildman–Crippen MR) is 70.5 cm³/mol. The van der Waals surface area contributed by atoms with E-state index in [4.69, 9.17) is 27.9 Å². The number of rotatable bonds is 7. The van der Waals surface area contributed by atoms with E-state index in [0.29, 0.717) is 18.1 Å². The maximum atomic E-state index is 12.1. The second-order valence-electron chi connectivity index (χ2n) is 3.65. The first kappa shape index (κ1) is 14.3. The molecule has 0 saturated carbocycles. The van der Waals surface area contributed by atoms with E-state index in [-0.39, 0.29) is 0 Å². The van der Waals surface area contributed by atoms with Gasteiger partial charge in [-0.25, -0.2) is 0 Å². The van der Waals surface area contributed by atoms with E-state index in [1.807, 2.05) is 12.1 Å². The van der Waals surface area contributed by atoms with Gasteiger partial charge in [-0.1, -0.05) is 23.2 Å². The van der Waals surface area contributed by atoms with E-state index in [9.17, 15) is 4.39 Å². The van der Waals surface area contributed by atoms with Crippen molar-refractivity contribution in [2.75, 3.05) is 6.61 Å². The molecule has 0 aliphatic heterocycles. The largest absolute Gasteiger partial charge is 0.494 e. The summed E-state index contributed by atoms with van der Waals surface area (Å²) in [4.78, 5) is 0. The molecule has 1 aromatic carbocycles. The summed E-state index contributed by atoms with van der Waals surface area (Å²) in [5, 5.41) is 0.0784. The predicted octanol–water partition coefficient (Wildman–Crippen LogP) is 5.33. The van der Waals surface area contributed by atoms with Crippen LogP contribution in [0.2, 0.25) is 5.02 Å². The molecule has 1 nitrogen and oxygen atoms in total. The molecule has 0 aliphatic rings. The molecule has 0 unspecified atom stereocenters. The number of benzene rings is 1. The third kappa shape index (κ3) is 7.24. The van der Waals surface area contributed by atoms with E-state index < -0.39 is 5.29 Å². The average Bonchev–Trinajstić information content (AvgIpc) is 2.30. The van der Waals surface area contributed by atoms with Gasteiger partial charge in [-0.15, -0.1) is 0 Å². The summed E-state index contributed by atoms with van der Waals surface area (Å²) in [6, 6.07) is 7.28. The summed E-state index contributed by atoms with van der Waals surface area (Å²) in [7, 11) is 0. The first-order chi connectivity index (χ1) is 8.18. The van der Waals surface area contributed by atoms with Gasteiger partial charge in [-0.3, -0.25) is 0 Å². The summed E-state index contributed by atoms with van der Waals surface area (Å²) < 4.78 is 17.6. The minimum absolute atomic E-state index is 0.623. The van der Waals surface area contributed by atoms with Gasteiger partial charge in [0.25, 0.3) is 0 Å². The van der Waals surface area contributed by atoms with Crippen LogP contribution >= 0.6 is 23.2 Å². The Labute approximate surface area is 111 Å². The Balaban J connectivity index is 2.04. The molecule has 1 aromatic rings. The van der Waals surface area contributed by atoms with Gasteiger partial charge in [0, 0.05) is 5.02 Å². The van der Waals surface area contributed by atoms with E-state index in [1.165, 1.54) is 6.08 Å². The van der Waals surface area contributed by atoms with Gasteiger partial charge in [0.1, 0.15) is 5.75 Å². The SMILES string of the molecule is FC(Cl)=CCCCCCOc1ccc(Cl)cc1. The van der Waals surface area contributed by atoms with Crippen molar-refractivity contribution in [3.05, 3.63) is 40.7 Å². The first-order valence-corrected chi connectivity index (χ1v) is 6.33. The highest BCUT2D eigenvalue weighted by Gasteiger charge is 1.94. The lowest BCUT2D eigenvalue weighted by Crippen LogP contribution is -1.96. The molecule has 0 heterocycles. The molecule has 0 aromatic heterocycles. The van der Waals surface area contributed by atoms with Gasteiger partial charge < -0.3 is 4.74 Å². The van der Waals surface area contributed by atoms with Crippen molar-refractivity contribution in [2.45, 2.75) is 25.7 Å². The van der Waals surface area contributed by atoms with Crippen LogP contribution in [0.25, 0.3) is 0 Å². The fraction of sp³-hybridized carbons (Fsp3) is 0.385. The van der Waals surface area contributed by atoms with Crippen molar-refractivity contribution >= 4 is 23.2 Å². The number of hydrogen-bond donors (Lipinski definition) is 0. The highest BCUT2D eigenvalue weighted by atomic mass is 35.5. The molecule has 0 atom stereocenters. The fourth-order valence-electron chi connectivity index (χ4n) is 1.36. The van der Waals surface area contributed by atoms with Crippen molar-refractivity contribution in [3.8, 4) is 5.75 Å². The van der Waals surface area contributed by atoms with Crippen LogP contribution in [0.5, 0.6) is 5.75 Å². The van der Waals surface area contributed by atoms with Gasteiger partial charge in [-0.05, 0) is 56.0 Å². The van der Waals surface area contributed by atoms with Crippen molar-refractivity contribution in [1.29, 1.82) is 0 Å². The van der Waals surface area contributed by atoms with Crippen LogP contribution < -0.4 is 4.74 Å². The van der Waals surface area contributed by atoms with Crippen LogP contribution in [0.1, 0.15) is 25.7 Å². The van der Waals surface area contributed by atoms with Crippen LogP contribution in [-0.2, 0) is 0 Å². The van der Waals surface area contributed by atoms with Crippen molar-refractivity contribution < 1.29 is 9.13 Å². The second kappa shape index (κ2) is 8.37. The fourth-order valence-corrected chi connectivity index (χ4v) is 1.59. The van der Waals surface area contributed by atoms with Crippen LogP contribution in [0.15, 0.2) is 35.6 Å². The zero-order chi connectivity index (χ0) is 12.5. The normalized spacial score (nSPS) is 11.6. The van der Waals surface area contributed by atoms with Crippen LogP contribution in [0.4, 0.5) is 4.39 Å². The monoisotopic (exact) mass is 276 g/mol. The molecule has 0 saturated heterocycles. The molecule has 0 aliphatic carbocycles. The molecular formula is C13H15Cl2FO. The minimum Gasteiger partial charge on any atom is -0.494 e. The zero-order valence-corrected chi connectivity index (χ0v) is 11.0. The van der Waals surface area contributed by atoms with Crippen molar-refractivity contribution in [3.63, 3.8) is 0 Å². The second-order valence-corrected chi connectivity index (χ2v) is 4.44. The summed E-state index contributed by atoms with van der Waals surface area (Å²) in [6.45, 7) is 0.661. The third-order valence-corrected chi connectivity index (χ3v) is 2.64. The summed E-state index contributed by atoms with van der Waals surface area (Å²) >= 11 is 10.8. The van der Waals surface area contributed by atoms with Crippen LogP contribution in [0, 0.1) is 0 Å². The Morgan fingerprint density at radius 3 is 2.53 bits per heavy atom. The Hall–Kier alpha value is -0.730. The summed E-state index contributed by atoms with van der Waals surface area (Å²) in [6.07, 6.45) is 4.93. The number of hydrogen-bond acceptors (Lipinski definition) is 1. The zero-order valence-electron chi connectivity index (χ0n) is 9.46. The Morgan fingerprint density at radius 2 is 1.88 bits per heavy atom. The topological polar surface area (TPSA) is 9.23 Å². The standard InChI is InChI=1S/C13H15Cl2FO/c14-11-6-8-12(9-7-11)17-10-4-2-1-3-5-13(15)16/h5-9H,1-4,10H2. The number of ether oxygens (including phenoxy) is 1. The molecule has 4 heteroatoms. The summed E-state index contributed by atoms with van der Waals surface area (Å²) in [5.41, 5.74) is 0. The van der Waals surface area contributed by atoms with Crippen LogP contribution in [-0.4, -0.2) is 6.61 Å². The smallest absolute Gasteiger partial charge is 0.185 e. The Kier molecular flexibility index (Phi) is 7.06. The van der Waals surface area contributed by atoms with Gasteiger partial charge >= 0.3 is 0 Å². The molecule has 0 bridgehead atoms. The van der Waals surface area contributed by atoms with E-state index in [2.05, 4.69) is 0 Å². The Morgan fingerprint density at radius 1 is 1.18 bits per heavy atom. The van der Waals surface area contributed by atoms with E-state index >= 15 is 0 Å². The van der Waals surface area contributed by atoms with Crippen molar-refractivity contribution in [2.24, 2.45) is 0 Å². The lowest BCUT2D eigenvalue weighted by atomic mass is 10.2. The molecule has 0 radical (unpaired) electrons. The molecule has 0 N–H and O–H groups in total. The van der Waals surface area contributed by atoms with Gasteiger partial charge in [-0.2, -0.15) is 4.39 Å². The molecule has 1 rings (SSSR count). The number of unbranched alkanes of at least 4 members (excludes halogenated alkanes) is 3. The van der Waals surface area contributed by atoms with Crippen molar-refractivity contribution in [1.82, 2.24) is 0 Å². The summed E-state index contributed by atoms with van der Waals surface area (Å²) in [5.74, 6) is 0.820. The Bertz CT molecular complexity index is 345. The number of halogens is 3. The quantitative estimate of drug-likeness (QED) is 0.612. The van der Waals surface area contributed by atoms with Gasteiger partial charge in [0.05, 0.1) is 6.61 Å². The van der Waals surface area contributed by atoms with Gasteiger partial charge in [0.15, 0.2) is 5.29 Å². The lowest BCUT2D eigenvalue weighted by Gasteiger charge is -2.05. The molecule has 17 heavy (non-hydrogen) atoms. The highest BCUT2D eigenvalue weighted by Crippen LogP contribution is 2.16. The minimum atomic E-state index is -0.623. The lowest BCUT2D eigenvalue weighted by molar-refractivity contribution is 0.305. The number of allylic oxidation sites excluding steroid dienone is 1. The third-order valence-electron chi connectivity index (χ3n) is 2.23. The van der Waals surface area contributed by atoms with Crippen LogP contribution in [0.3, 0.4) is 0 Å². The molecule has 0 fully saturated rings. The van der Waals surface area contributed by atoms with E-state index in [0.717, 1.165) is 25.0 Å². The molecule has 94 valence electrons.